The van der Waals surface area contributed by atoms with Crippen LogP contribution in [-0.4, -0.2) is 66.5 Å². The summed E-state index contributed by atoms with van der Waals surface area (Å²) in [6, 6.07) is 0. The van der Waals surface area contributed by atoms with Gasteiger partial charge >= 0.3 is 25.7 Å². The van der Waals surface area contributed by atoms with Gasteiger partial charge in [0.1, 0.15) is 12.7 Å². The van der Waals surface area contributed by atoms with Gasteiger partial charge in [-0.1, -0.05) is 240 Å². The van der Waals surface area contributed by atoms with Gasteiger partial charge < -0.3 is 24.2 Å². The summed E-state index contributed by atoms with van der Waals surface area (Å²) in [6.45, 7) is 4.43. The minimum Gasteiger partial charge on any atom is -0.462 e. The number of allylic oxidation sites excluding steroid dienone is 16. The Hall–Kier alpha value is -3.60. The van der Waals surface area contributed by atoms with Gasteiger partial charge in [0.25, 0.3) is 0 Å². The molecule has 0 radical (unpaired) electrons. The van der Waals surface area contributed by atoms with Gasteiger partial charge in [-0.3, -0.25) is 23.4 Å². The largest absolute Gasteiger partial charge is 0.472 e. The van der Waals surface area contributed by atoms with E-state index in [9.17, 15) is 28.9 Å². The number of unbranched alkanes of at least 4 members (excludes halogenated alkanes) is 22. The maximum absolute atomic E-state index is 12.9. The lowest BCUT2D eigenvalue weighted by Crippen LogP contribution is -2.30. The Balaban J connectivity index is 4.80. The highest BCUT2D eigenvalue weighted by Crippen LogP contribution is 2.43. The molecule has 0 amide bonds. The molecular formula is C64H109O11P. The molecule has 0 aliphatic carbocycles. The van der Waals surface area contributed by atoms with E-state index < -0.39 is 57.8 Å². The molecule has 3 unspecified atom stereocenters. The standard InChI is InChI=1S/C64H109O11P/c1-4-7-10-13-16-19-22-25-27-29-30-32-34-37-40-43-46-49-52-55-64(68)75-61(57-71-62(66)53-50-47-44-41-38-35-24-21-18-15-12-9-6-3)59-73-76(69,70)72-58-60(56-65)74-63(67)54-51-48-45-42-39-36-33-31-28-26-23-20-17-14-11-8-5-2/h7,10,16-17,19-20,25-28,30,32,37,40,46,49,60-61,65H,4-6,8-9,11-15,18,21-24,29,31,33-36,38-39,41-45,47-48,50-59H2,1-3H3,(H,69,70)/b10-7-,19-16-,20-17-,27-25-,28-26-,32-30-,40-37-,49-46-. The monoisotopic (exact) mass is 1080 g/mol. The minimum atomic E-state index is -4.77. The maximum Gasteiger partial charge on any atom is 0.472 e. The number of hydrogen-bond donors (Lipinski definition) is 2. The van der Waals surface area contributed by atoms with E-state index in [0.717, 1.165) is 89.9 Å². The third-order valence-electron chi connectivity index (χ3n) is 12.5. The van der Waals surface area contributed by atoms with E-state index in [2.05, 4.69) is 106 Å². The molecule has 0 aliphatic heterocycles. The summed E-state index contributed by atoms with van der Waals surface area (Å²) >= 11 is 0. The predicted molar refractivity (Wildman–Crippen MR) is 316 cm³/mol. The molecule has 2 N–H and O–H groups in total. The van der Waals surface area contributed by atoms with Gasteiger partial charge in [-0.15, -0.1) is 0 Å². The molecule has 76 heavy (non-hydrogen) atoms. The number of carbonyl (C=O) groups excluding carboxylic acids is 3. The summed E-state index contributed by atoms with van der Waals surface area (Å²) in [5.41, 5.74) is 0. The molecule has 0 aromatic heterocycles. The van der Waals surface area contributed by atoms with E-state index in [-0.39, 0.29) is 25.9 Å². The maximum atomic E-state index is 12.9. The SMILES string of the molecule is CC/C=C\C/C=C\C/C=C\C/C=C\C/C=C\C/C=C\CCC(=O)OC(COC(=O)CCCCCCCCCCCCCCC)COP(=O)(O)OCC(CO)OC(=O)CCCCCCCCC/C=C\C/C=C\CCCCC. The highest BCUT2D eigenvalue weighted by molar-refractivity contribution is 7.47. The van der Waals surface area contributed by atoms with Gasteiger partial charge in [-0.2, -0.15) is 0 Å². The molecule has 0 heterocycles. The predicted octanol–water partition coefficient (Wildman–Crippen LogP) is 18.0. The van der Waals surface area contributed by atoms with Gasteiger partial charge in [-0.05, 0) is 89.9 Å². The number of aliphatic hydroxyl groups excluding tert-OH is 1. The molecule has 0 saturated heterocycles. The second-order valence-electron chi connectivity index (χ2n) is 19.8. The zero-order valence-corrected chi connectivity index (χ0v) is 49.1. The van der Waals surface area contributed by atoms with Crippen molar-refractivity contribution in [3.05, 3.63) is 97.2 Å². The van der Waals surface area contributed by atoms with Crippen molar-refractivity contribution < 1.29 is 52.2 Å². The number of ether oxygens (including phenoxy) is 3. The Morgan fingerprint density at radius 2 is 0.711 bits per heavy atom. The summed E-state index contributed by atoms with van der Waals surface area (Å²) in [5.74, 6) is -1.57. The fraction of sp³-hybridized carbons (Fsp3) is 0.703. The Morgan fingerprint density at radius 3 is 1.16 bits per heavy atom. The molecule has 0 aromatic carbocycles. The molecule has 0 rings (SSSR count). The van der Waals surface area contributed by atoms with E-state index in [1.807, 2.05) is 12.2 Å². The molecule has 0 spiro atoms. The molecular weight excluding hydrogens is 976 g/mol. The molecule has 0 aromatic rings. The fourth-order valence-corrected chi connectivity index (χ4v) is 8.73. The Labute approximate surface area is 463 Å². The van der Waals surface area contributed by atoms with Crippen LogP contribution >= 0.6 is 7.82 Å². The summed E-state index contributed by atoms with van der Waals surface area (Å²) in [6.07, 6.45) is 68.0. The topological polar surface area (TPSA) is 155 Å². The lowest BCUT2D eigenvalue weighted by atomic mass is 10.0. The van der Waals surface area contributed by atoms with Crippen molar-refractivity contribution in [3.8, 4) is 0 Å². The summed E-state index contributed by atoms with van der Waals surface area (Å²) in [4.78, 5) is 48.6. The lowest BCUT2D eigenvalue weighted by Gasteiger charge is -2.21. The van der Waals surface area contributed by atoms with Crippen LogP contribution < -0.4 is 0 Å². The highest BCUT2D eigenvalue weighted by Gasteiger charge is 2.28. The van der Waals surface area contributed by atoms with E-state index in [1.165, 1.54) is 96.3 Å². The fourth-order valence-electron chi connectivity index (χ4n) is 7.94. The van der Waals surface area contributed by atoms with E-state index >= 15 is 0 Å². The van der Waals surface area contributed by atoms with Crippen molar-refractivity contribution in [1.82, 2.24) is 0 Å². The summed E-state index contributed by atoms with van der Waals surface area (Å²) < 4.78 is 39.5. The number of esters is 3. The van der Waals surface area contributed by atoms with Crippen molar-refractivity contribution in [2.75, 3.05) is 26.4 Å². The average molecular weight is 1090 g/mol. The quantitative estimate of drug-likeness (QED) is 0.0197. The Bertz CT molecular complexity index is 1640. The van der Waals surface area contributed by atoms with Crippen molar-refractivity contribution in [2.45, 2.75) is 264 Å². The smallest absolute Gasteiger partial charge is 0.462 e. The van der Waals surface area contributed by atoms with Gasteiger partial charge in [0.2, 0.25) is 0 Å². The zero-order valence-electron chi connectivity index (χ0n) is 48.2. The number of aliphatic hydroxyl groups is 1. The third-order valence-corrected chi connectivity index (χ3v) is 13.5. The number of hydrogen-bond acceptors (Lipinski definition) is 10. The van der Waals surface area contributed by atoms with Crippen LogP contribution in [0.2, 0.25) is 0 Å². The average Bonchev–Trinajstić information content (AvgIpc) is 3.41. The molecule has 436 valence electrons. The van der Waals surface area contributed by atoms with Crippen LogP contribution in [0.4, 0.5) is 0 Å². The molecule has 12 heteroatoms. The molecule has 11 nitrogen and oxygen atoms in total. The lowest BCUT2D eigenvalue weighted by molar-refractivity contribution is -0.161. The second kappa shape index (κ2) is 57.6. The summed E-state index contributed by atoms with van der Waals surface area (Å²) in [7, 11) is -4.77. The molecule has 0 bridgehead atoms. The van der Waals surface area contributed by atoms with E-state index in [4.69, 9.17) is 23.3 Å². The number of phosphoric acid groups is 1. The van der Waals surface area contributed by atoms with Crippen molar-refractivity contribution >= 4 is 25.7 Å². The van der Waals surface area contributed by atoms with Gasteiger partial charge in [-0.25, -0.2) is 4.57 Å². The molecule has 3 atom stereocenters. The van der Waals surface area contributed by atoms with Crippen LogP contribution in [0.25, 0.3) is 0 Å². The molecule has 0 fully saturated rings. The van der Waals surface area contributed by atoms with Crippen molar-refractivity contribution in [1.29, 1.82) is 0 Å². The minimum absolute atomic E-state index is 0.0400. The Kier molecular flexibility index (Phi) is 54.8. The third kappa shape index (κ3) is 55.2. The first-order valence-electron chi connectivity index (χ1n) is 30.1. The molecule has 0 aliphatic rings. The van der Waals surface area contributed by atoms with Crippen LogP contribution in [0.15, 0.2) is 97.2 Å². The van der Waals surface area contributed by atoms with Crippen molar-refractivity contribution in [3.63, 3.8) is 0 Å². The first kappa shape index (κ1) is 72.4. The number of rotatable bonds is 55. The highest BCUT2D eigenvalue weighted by atomic mass is 31.2. The van der Waals surface area contributed by atoms with Crippen molar-refractivity contribution in [2.24, 2.45) is 0 Å². The Morgan fingerprint density at radius 1 is 0.382 bits per heavy atom. The second-order valence-corrected chi connectivity index (χ2v) is 21.2. The van der Waals surface area contributed by atoms with Crippen LogP contribution in [0.5, 0.6) is 0 Å². The first-order valence-corrected chi connectivity index (χ1v) is 31.6. The zero-order chi connectivity index (χ0) is 55.5. The molecule has 0 saturated carbocycles. The number of phosphoric ester groups is 1. The van der Waals surface area contributed by atoms with E-state index in [1.54, 1.807) is 0 Å². The normalized spacial score (nSPS) is 14.0. The van der Waals surface area contributed by atoms with Gasteiger partial charge in [0, 0.05) is 19.3 Å². The van der Waals surface area contributed by atoms with E-state index in [0.29, 0.717) is 25.7 Å². The van der Waals surface area contributed by atoms with Gasteiger partial charge in [0.05, 0.1) is 19.8 Å². The van der Waals surface area contributed by atoms with Crippen LogP contribution in [0.3, 0.4) is 0 Å². The van der Waals surface area contributed by atoms with Crippen LogP contribution in [0.1, 0.15) is 252 Å². The summed E-state index contributed by atoms with van der Waals surface area (Å²) in [5, 5.41) is 9.83. The van der Waals surface area contributed by atoms with Crippen LogP contribution in [0, 0.1) is 0 Å². The van der Waals surface area contributed by atoms with Gasteiger partial charge in [0.15, 0.2) is 6.10 Å². The number of carbonyl (C=O) groups is 3. The van der Waals surface area contributed by atoms with Crippen LogP contribution in [-0.2, 0) is 42.2 Å². The first-order chi connectivity index (χ1) is 37.2.